The lowest BCUT2D eigenvalue weighted by atomic mass is 9.84. The molecule has 8 nitrogen and oxygen atoms in total. The van der Waals surface area contributed by atoms with Crippen LogP contribution in [0.25, 0.3) is 11.1 Å². The van der Waals surface area contributed by atoms with E-state index >= 15 is 0 Å². The molecule has 2 aliphatic rings. The summed E-state index contributed by atoms with van der Waals surface area (Å²) in [6.07, 6.45) is 0.514. The highest BCUT2D eigenvalue weighted by atomic mass is 16.5. The number of alkyl carbamates (subject to hydrolysis) is 1. The van der Waals surface area contributed by atoms with Gasteiger partial charge < -0.3 is 25.4 Å². The molecule has 2 amide bonds. The van der Waals surface area contributed by atoms with Crippen molar-refractivity contribution in [2.24, 2.45) is 0 Å². The largest absolute Gasteiger partial charge is 0.481 e. The zero-order valence-electron chi connectivity index (χ0n) is 20.3. The molecule has 0 bridgehead atoms. The fraction of sp³-hybridized carbons (Fsp3) is 0.444. The zero-order valence-corrected chi connectivity index (χ0v) is 20.3. The summed E-state index contributed by atoms with van der Waals surface area (Å²) in [5, 5.41) is 15.0. The van der Waals surface area contributed by atoms with E-state index in [0.717, 1.165) is 35.3 Å². The van der Waals surface area contributed by atoms with E-state index in [0.29, 0.717) is 12.8 Å². The van der Waals surface area contributed by atoms with Gasteiger partial charge >= 0.3 is 12.1 Å². The van der Waals surface area contributed by atoms with E-state index < -0.39 is 23.6 Å². The summed E-state index contributed by atoms with van der Waals surface area (Å²) in [4.78, 5) is 38.7. The number of fused-ring (bicyclic) bond motifs is 3. The molecule has 35 heavy (non-hydrogen) atoms. The van der Waals surface area contributed by atoms with Crippen molar-refractivity contribution in [2.45, 2.75) is 50.1 Å². The van der Waals surface area contributed by atoms with E-state index in [1.54, 1.807) is 6.92 Å². The molecule has 1 heterocycles. The second-order valence-corrected chi connectivity index (χ2v) is 9.78. The van der Waals surface area contributed by atoms with E-state index in [1.165, 1.54) is 0 Å². The van der Waals surface area contributed by atoms with Crippen molar-refractivity contribution < 1.29 is 24.2 Å². The zero-order chi connectivity index (χ0) is 25.0. The molecule has 0 unspecified atom stereocenters. The summed E-state index contributed by atoms with van der Waals surface area (Å²) in [5.74, 6) is -1.24. The number of carbonyl (C=O) groups is 3. The van der Waals surface area contributed by atoms with Crippen molar-refractivity contribution in [1.82, 2.24) is 15.5 Å². The van der Waals surface area contributed by atoms with Crippen molar-refractivity contribution >= 4 is 18.0 Å². The Hall–Kier alpha value is -3.39. The van der Waals surface area contributed by atoms with Gasteiger partial charge in [-0.1, -0.05) is 48.5 Å². The molecule has 8 heteroatoms. The number of aliphatic carboxylic acids is 1. The van der Waals surface area contributed by atoms with Gasteiger partial charge in [-0.25, -0.2) is 4.79 Å². The molecule has 0 aromatic heterocycles. The third kappa shape index (κ3) is 5.82. The average Bonchev–Trinajstić information content (AvgIpc) is 3.13. The maximum Gasteiger partial charge on any atom is 0.407 e. The number of piperidine rings is 1. The third-order valence-corrected chi connectivity index (χ3v) is 7.04. The van der Waals surface area contributed by atoms with Crippen molar-refractivity contribution in [2.75, 3.05) is 26.7 Å². The van der Waals surface area contributed by atoms with Gasteiger partial charge in [-0.15, -0.1) is 0 Å². The number of likely N-dealkylation sites (tertiary alicyclic amines) is 1. The van der Waals surface area contributed by atoms with Crippen LogP contribution in [-0.2, 0) is 14.3 Å². The lowest BCUT2D eigenvalue weighted by Gasteiger charge is -2.40. The van der Waals surface area contributed by atoms with Crippen LogP contribution in [0.4, 0.5) is 4.79 Å². The molecule has 0 spiro atoms. The Morgan fingerprint density at radius 3 is 2.20 bits per heavy atom. The van der Waals surface area contributed by atoms with Crippen molar-refractivity contribution in [3.05, 3.63) is 59.7 Å². The molecule has 186 valence electrons. The van der Waals surface area contributed by atoms with Crippen LogP contribution in [-0.4, -0.2) is 66.3 Å². The molecule has 2 aromatic carbocycles. The van der Waals surface area contributed by atoms with Gasteiger partial charge in [0, 0.05) is 31.5 Å². The van der Waals surface area contributed by atoms with Gasteiger partial charge in [0.2, 0.25) is 5.91 Å². The number of hydrogen-bond donors (Lipinski definition) is 3. The first kappa shape index (κ1) is 24.7. The Labute approximate surface area is 205 Å². The molecule has 1 atom stereocenters. The first-order chi connectivity index (χ1) is 16.8. The monoisotopic (exact) mass is 479 g/mol. The standard InChI is InChI=1S/C27H33N3O5/c1-18(15-24(31)29-27(16-25(32)33)11-13-30(2)14-12-27)28-26(34)35-17-23-21-9-5-3-7-19(21)20-8-4-6-10-22(20)23/h3-10,18,23H,11-17H2,1-2H3,(H,28,34)(H,29,31)(H,32,33)/t18-/m0/s1. The molecule has 3 N–H and O–H groups in total. The number of carboxylic acids is 1. The van der Waals surface area contributed by atoms with Crippen LogP contribution in [0.1, 0.15) is 49.7 Å². The Bertz CT molecular complexity index is 1050. The molecule has 4 rings (SSSR count). The highest BCUT2D eigenvalue weighted by Gasteiger charge is 2.37. The molecule has 0 radical (unpaired) electrons. The van der Waals surface area contributed by atoms with Crippen molar-refractivity contribution in [3.63, 3.8) is 0 Å². The first-order valence-corrected chi connectivity index (χ1v) is 12.1. The Balaban J connectivity index is 1.30. The fourth-order valence-electron chi connectivity index (χ4n) is 5.20. The first-order valence-electron chi connectivity index (χ1n) is 12.1. The van der Waals surface area contributed by atoms with Gasteiger partial charge in [0.1, 0.15) is 6.61 Å². The summed E-state index contributed by atoms with van der Waals surface area (Å²) in [5.41, 5.74) is 3.84. The highest BCUT2D eigenvalue weighted by Crippen LogP contribution is 2.44. The number of hydrogen-bond acceptors (Lipinski definition) is 5. The number of benzene rings is 2. The third-order valence-electron chi connectivity index (χ3n) is 7.04. The lowest BCUT2D eigenvalue weighted by Crippen LogP contribution is -2.56. The number of rotatable bonds is 8. The van der Waals surface area contributed by atoms with Gasteiger partial charge in [0.05, 0.1) is 12.0 Å². The van der Waals surface area contributed by atoms with Crippen molar-refractivity contribution in [1.29, 1.82) is 0 Å². The second kappa shape index (κ2) is 10.5. The predicted octanol–water partition coefficient (Wildman–Crippen LogP) is 3.36. The van der Waals surface area contributed by atoms with Crippen LogP contribution in [0, 0.1) is 0 Å². The molecule has 1 fully saturated rings. The minimum absolute atomic E-state index is 0.0351. The van der Waals surface area contributed by atoms with Crippen LogP contribution < -0.4 is 10.6 Å². The topological polar surface area (TPSA) is 108 Å². The van der Waals surface area contributed by atoms with Gasteiger partial charge in [-0.2, -0.15) is 0 Å². The normalized spacial score (nSPS) is 17.7. The molecule has 1 saturated heterocycles. The maximum absolute atomic E-state index is 12.7. The van der Waals surface area contributed by atoms with Gasteiger partial charge in [0.15, 0.2) is 0 Å². The van der Waals surface area contributed by atoms with Gasteiger partial charge in [0.25, 0.3) is 0 Å². The van der Waals surface area contributed by atoms with E-state index in [4.69, 9.17) is 4.74 Å². The number of nitrogens with zero attached hydrogens (tertiary/aromatic N) is 1. The summed E-state index contributed by atoms with van der Waals surface area (Å²) in [6.45, 7) is 3.38. The van der Waals surface area contributed by atoms with Crippen molar-refractivity contribution in [3.8, 4) is 11.1 Å². The molecule has 1 aliphatic heterocycles. The molecule has 2 aromatic rings. The molecular formula is C27H33N3O5. The fourth-order valence-corrected chi connectivity index (χ4v) is 5.20. The maximum atomic E-state index is 12.7. The van der Waals surface area contributed by atoms with Crippen LogP contribution in [0.15, 0.2) is 48.5 Å². The van der Waals surface area contributed by atoms with Crippen LogP contribution in [0.2, 0.25) is 0 Å². The minimum Gasteiger partial charge on any atom is -0.481 e. The van der Waals surface area contributed by atoms with Gasteiger partial charge in [-0.3, -0.25) is 9.59 Å². The number of carboxylic acid groups (broad SMARTS) is 1. The Kier molecular flexibility index (Phi) is 7.40. The second-order valence-electron chi connectivity index (χ2n) is 9.78. The Morgan fingerprint density at radius 2 is 1.63 bits per heavy atom. The average molecular weight is 480 g/mol. The van der Waals surface area contributed by atoms with Crippen LogP contribution >= 0.6 is 0 Å². The molecule has 0 saturated carbocycles. The number of nitrogens with one attached hydrogen (secondary N) is 2. The minimum atomic E-state index is -0.931. The summed E-state index contributed by atoms with van der Waals surface area (Å²) >= 11 is 0. The van der Waals surface area contributed by atoms with Crippen LogP contribution in [0.3, 0.4) is 0 Å². The van der Waals surface area contributed by atoms with E-state index in [1.807, 2.05) is 31.3 Å². The smallest absolute Gasteiger partial charge is 0.407 e. The Morgan fingerprint density at radius 1 is 1.06 bits per heavy atom. The summed E-state index contributed by atoms with van der Waals surface area (Å²) < 4.78 is 5.56. The van der Waals surface area contributed by atoms with E-state index in [-0.39, 0.29) is 31.3 Å². The van der Waals surface area contributed by atoms with Crippen LogP contribution in [0.5, 0.6) is 0 Å². The van der Waals surface area contributed by atoms with Gasteiger partial charge in [-0.05, 0) is 49.1 Å². The predicted molar refractivity (Wildman–Crippen MR) is 132 cm³/mol. The summed E-state index contributed by atoms with van der Waals surface area (Å²) in [6, 6.07) is 15.8. The summed E-state index contributed by atoms with van der Waals surface area (Å²) in [7, 11) is 1.98. The SMILES string of the molecule is C[C@@H](CC(=O)NC1(CC(=O)O)CCN(C)CC1)NC(=O)OCC1c2ccccc2-c2ccccc21. The lowest BCUT2D eigenvalue weighted by molar-refractivity contribution is -0.139. The quantitative estimate of drug-likeness (QED) is 0.536. The van der Waals surface area contributed by atoms with E-state index in [9.17, 15) is 19.5 Å². The molecular weight excluding hydrogens is 446 g/mol. The number of ether oxygens (including phenoxy) is 1. The molecule has 1 aliphatic carbocycles. The number of amides is 2. The number of carbonyl (C=O) groups excluding carboxylic acids is 2. The van der Waals surface area contributed by atoms with E-state index in [2.05, 4.69) is 39.8 Å². The highest BCUT2D eigenvalue weighted by molar-refractivity contribution is 5.80.